The minimum absolute atomic E-state index is 0.236. The van der Waals surface area contributed by atoms with Crippen LogP contribution in [-0.2, 0) is 0 Å². The molecule has 0 unspecified atom stereocenters. The highest BCUT2D eigenvalue weighted by atomic mass is 32.1. The Bertz CT molecular complexity index is 217. The third-order valence-corrected chi connectivity index (χ3v) is 2.89. The van der Waals surface area contributed by atoms with E-state index in [-0.39, 0.29) is 6.10 Å². The minimum Gasteiger partial charge on any atom is -0.388 e. The van der Waals surface area contributed by atoms with Crippen LogP contribution in [0.3, 0.4) is 0 Å². The molecule has 1 nitrogen and oxygen atoms in total. The fourth-order valence-electron chi connectivity index (χ4n) is 1.13. The molecule has 1 aromatic heterocycles. The third kappa shape index (κ3) is 2.04. The SMILES string of the molecule is CCC[C@@H](O)c1sccc1C. The van der Waals surface area contributed by atoms with E-state index in [4.69, 9.17) is 0 Å². The van der Waals surface area contributed by atoms with Gasteiger partial charge in [0.05, 0.1) is 6.10 Å². The lowest BCUT2D eigenvalue weighted by Gasteiger charge is -2.07. The van der Waals surface area contributed by atoms with E-state index in [2.05, 4.69) is 13.0 Å². The zero-order chi connectivity index (χ0) is 8.27. The topological polar surface area (TPSA) is 20.2 Å². The predicted molar refractivity (Wildman–Crippen MR) is 48.9 cm³/mol. The van der Waals surface area contributed by atoms with Crippen LogP contribution in [0.1, 0.15) is 36.3 Å². The van der Waals surface area contributed by atoms with Gasteiger partial charge in [0.25, 0.3) is 0 Å². The summed E-state index contributed by atoms with van der Waals surface area (Å²) >= 11 is 1.65. The second kappa shape index (κ2) is 3.88. The second-order valence-electron chi connectivity index (χ2n) is 2.77. The molecule has 1 atom stereocenters. The summed E-state index contributed by atoms with van der Waals surface area (Å²) in [5.41, 5.74) is 1.22. The molecule has 0 spiro atoms. The highest BCUT2D eigenvalue weighted by molar-refractivity contribution is 7.10. The molecular weight excluding hydrogens is 156 g/mol. The molecule has 0 saturated carbocycles. The van der Waals surface area contributed by atoms with Gasteiger partial charge in [-0.25, -0.2) is 0 Å². The molecule has 0 fully saturated rings. The van der Waals surface area contributed by atoms with Gasteiger partial charge < -0.3 is 5.11 Å². The molecule has 0 aromatic carbocycles. The van der Waals surface area contributed by atoms with Gasteiger partial charge >= 0.3 is 0 Å². The summed E-state index contributed by atoms with van der Waals surface area (Å²) in [6.07, 6.45) is 1.68. The Morgan fingerprint density at radius 2 is 2.36 bits per heavy atom. The molecule has 1 rings (SSSR count). The third-order valence-electron chi connectivity index (χ3n) is 1.77. The highest BCUT2D eigenvalue weighted by Crippen LogP contribution is 2.26. The van der Waals surface area contributed by atoms with Gasteiger partial charge in [-0.05, 0) is 30.4 Å². The molecular formula is C9H14OS. The van der Waals surface area contributed by atoms with Gasteiger partial charge in [0.2, 0.25) is 0 Å². The smallest absolute Gasteiger partial charge is 0.0884 e. The van der Waals surface area contributed by atoms with Crippen molar-refractivity contribution in [3.8, 4) is 0 Å². The largest absolute Gasteiger partial charge is 0.388 e. The molecule has 0 aliphatic rings. The van der Waals surface area contributed by atoms with Crippen molar-refractivity contribution in [3.63, 3.8) is 0 Å². The fourth-order valence-corrected chi connectivity index (χ4v) is 2.08. The summed E-state index contributed by atoms with van der Waals surface area (Å²) in [6.45, 7) is 4.14. The van der Waals surface area contributed by atoms with Crippen molar-refractivity contribution in [3.05, 3.63) is 21.9 Å². The van der Waals surface area contributed by atoms with Gasteiger partial charge in [0.15, 0.2) is 0 Å². The standard InChI is InChI=1S/C9H14OS/c1-3-4-8(10)9-7(2)5-6-11-9/h5-6,8,10H,3-4H2,1-2H3/t8-/m1/s1. The Morgan fingerprint density at radius 3 is 2.82 bits per heavy atom. The van der Waals surface area contributed by atoms with Gasteiger partial charge in [-0.3, -0.25) is 0 Å². The van der Waals surface area contributed by atoms with Crippen molar-refractivity contribution < 1.29 is 5.11 Å². The first-order valence-corrected chi connectivity index (χ1v) is 4.85. The van der Waals surface area contributed by atoms with Crippen LogP contribution in [-0.4, -0.2) is 5.11 Å². The molecule has 0 radical (unpaired) electrons. The summed E-state index contributed by atoms with van der Waals surface area (Å²) in [5.74, 6) is 0. The zero-order valence-corrected chi connectivity index (χ0v) is 7.82. The maximum Gasteiger partial charge on any atom is 0.0884 e. The van der Waals surface area contributed by atoms with Crippen LogP contribution in [0.5, 0.6) is 0 Å². The maximum absolute atomic E-state index is 9.60. The van der Waals surface area contributed by atoms with Crippen molar-refractivity contribution >= 4 is 11.3 Å². The molecule has 0 amide bonds. The highest BCUT2D eigenvalue weighted by Gasteiger charge is 2.09. The molecule has 2 heteroatoms. The number of aliphatic hydroxyl groups excluding tert-OH is 1. The summed E-state index contributed by atoms with van der Waals surface area (Å²) in [6, 6.07) is 2.05. The lowest BCUT2D eigenvalue weighted by molar-refractivity contribution is 0.169. The number of aryl methyl sites for hydroxylation is 1. The van der Waals surface area contributed by atoms with Crippen molar-refractivity contribution in [1.29, 1.82) is 0 Å². The van der Waals surface area contributed by atoms with E-state index >= 15 is 0 Å². The van der Waals surface area contributed by atoms with E-state index in [0.29, 0.717) is 0 Å². The zero-order valence-electron chi connectivity index (χ0n) is 7.00. The molecule has 0 aliphatic carbocycles. The first kappa shape index (κ1) is 8.75. The van der Waals surface area contributed by atoms with Crippen LogP contribution in [0.25, 0.3) is 0 Å². The quantitative estimate of drug-likeness (QED) is 0.739. The van der Waals surface area contributed by atoms with Gasteiger partial charge in [0.1, 0.15) is 0 Å². The van der Waals surface area contributed by atoms with Gasteiger partial charge in [-0.15, -0.1) is 11.3 Å². The van der Waals surface area contributed by atoms with E-state index < -0.39 is 0 Å². The van der Waals surface area contributed by atoms with Crippen LogP contribution < -0.4 is 0 Å². The summed E-state index contributed by atoms with van der Waals surface area (Å²) in [4.78, 5) is 1.13. The van der Waals surface area contributed by atoms with E-state index in [1.165, 1.54) is 5.56 Å². The second-order valence-corrected chi connectivity index (χ2v) is 3.72. The summed E-state index contributed by atoms with van der Waals surface area (Å²) in [7, 11) is 0. The normalized spacial score (nSPS) is 13.4. The minimum atomic E-state index is -0.236. The number of rotatable bonds is 3. The molecule has 1 heterocycles. The molecule has 11 heavy (non-hydrogen) atoms. The number of hydrogen-bond acceptors (Lipinski definition) is 2. The average Bonchev–Trinajstić information content (AvgIpc) is 2.36. The number of hydrogen-bond donors (Lipinski definition) is 1. The number of thiophene rings is 1. The monoisotopic (exact) mass is 170 g/mol. The van der Waals surface area contributed by atoms with E-state index in [1.807, 2.05) is 12.3 Å². The first-order chi connectivity index (χ1) is 5.25. The lowest BCUT2D eigenvalue weighted by Crippen LogP contribution is -1.94. The van der Waals surface area contributed by atoms with Crippen molar-refractivity contribution in [2.75, 3.05) is 0 Å². The molecule has 0 aliphatic heterocycles. The Labute approximate surface area is 71.7 Å². The number of aliphatic hydroxyl groups is 1. The van der Waals surface area contributed by atoms with Crippen LogP contribution in [0, 0.1) is 6.92 Å². The van der Waals surface area contributed by atoms with Crippen molar-refractivity contribution in [2.45, 2.75) is 32.8 Å². The predicted octanol–water partition coefficient (Wildman–Crippen LogP) is 2.89. The van der Waals surface area contributed by atoms with Crippen LogP contribution >= 0.6 is 11.3 Å². The van der Waals surface area contributed by atoms with E-state index in [0.717, 1.165) is 17.7 Å². The fraction of sp³-hybridized carbons (Fsp3) is 0.556. The Balaban J connectivity index is 2.67. The molecule has 0 saturated heterocycles. The van der Waals surface area contributed by atoms with Gasteiger partial charge in [-0.1, -0.05) is 13.3 Å². The average molecular weight is 170 g/mol. The van der Waals surface area contributed by atoms with Gasteiger partial charge in [-0.2, -0.15) is 0 Å². The molecule has 1 aromatic rings. The molecule has 62 valence electrons. The van der Waals surface area contributed by atoms with Crippen molar-refractivity contribution in [2.24, 2.45) is 0 Å². The first-order valence-electron chi connectivity index (χ1n) is 3.97. The van der Waals surface area contributed by atoms with Crippen LogP contribution in [0.4, 0.5) is 0 Å². The van der Waals surface area contributed by atoms with Crippen LogP contribution in [0.15, 0.2) is 11.4 Å². The summed E-state index contributed by atoms with van der Waals surface area (Å²) in [5, 5.41) is 11.6. The van der Waals surface area contributed by atoms with Crippen LogP contribution in [0.2, 0.25) is 0 Å². The Hall–Kier alpha value is -0.340. The lowest BCUT2D eigenvalue weighted by atomic mass is 10.1. The summed E-state index contributed by atoms with van der Waals surface area (Å²) < 4.78 is 0. The molecule has 1 N–H and O–H groups in total. The molecule has 0 bridgehead atoms. The Kier molecular flexibility index (Phi) is 3.09. The Morgan fingerprint density at radius 1 is 1.64 bits per heavy atom. The maximum atomic E-state index is 9.60. The van der Waals surface area contributed by atoms with Crippen molar-refractivity contribution in [1.82, 2.24) is 0 Å². The van der Waals surface area contributed by atoms with E-state index in [1.54, 1.807) is 11.3 Å². The van der Waals surface area contributed by atoms with Gasteiger partial charge in [0, 0.05) is 4.88 Å². The van der Waals surface area contributed by atoms with E-state index in [9.17, 15) is 5.11 Å².